The fraction of sp³-hybridized carbons (Fsp3) is 1.00. The molecule has 2 atom stereocenters. The zero-order chi connectivity index (χ0) is 12.3. The van der Waals surface area contributed by atoms with E-state index in [1.165, 1.54) is 58.4 Å². The molecule has 0 aromatic heterocycles. The minimum Gasteiger partial charge on any atom is -0.316 e. The Balaban J connectivity index is 1.82. The molecule has 2 heterocycles. The average molecular weight is 238 g/mol. The summed E-state index contributed by atoms with van der Waals surface area (Å²) in [5.41, 5.74) is 0.539. The molecule has 0 aromatic rings. The molecule has 2 saturated heterocycles. The second-order valence-corrected chi connectivity index (χ2v) is 6.95. The number of hydrogen-bond donors (Lipinski definition) is 1. The van der Waals surface area contributed by atoms with E-state index in [4.69, 9.17) is 0 Å². The first-order valence-electron chi connectivity index (χ1n) is 7.52. The van der Waals surface area contributed by atoms with Crippen LogP contribution in [0, 0.1) is 17.3 Å². The SMILES string of the molecule is CC(C)C1CCCN(CC2(C)CCNC2)CC1. The summed E-state index contributed by atoms with van der Waals surface area (Å²) < 4.78 is 0. The van der Waals surface area contributed by atoms with Gasteiger partial charge in [0.25, 0.3) is 0 Å². The minimum absolute atomic E-state index is 0.539. The maximum Gasteiger partial charge on any atom is 0.00480 e. The minimum atomic E-state index is 0.539. The summed E-state index contributed by atoms with van der Waals surface area (Å²) >= 11 is 0. The van der Waals surface area contributed by atoms with E-state index in [2.05, 4.69) is 31.0 Å². The Kier molecular flexibility index (Phi) is 4.48. The van der Waals surface area contributed by atoms with Gasteiger partial charge in [-0.1, -0.05) is 20.8 Å². The predicted molar refractivity (Wildman–Crippen MR) is 74.2 cm³/mol. The van der Waals surface area contributed by atoms with Gasteiger partial charge in [0.15, 0.2) is 0 Å². The molecule has 2 rings (SSSR count). The van der Waals surface area contributed by atoms with Crippen LogP contribution in [-0.2, 0) is 0 Å². The van der Waals surface area contributed by atoms with Crippen LogP contribution in [0.5, 0.6) is 0 Å². The van der Waals surface area contributed by atoms with E-state index < -0.39 is 0 Å². The Morgan fingerprint density at radius 2 is 2.12 bits per heavy atom. The van der Waals surface area contributed by atoms with E-state index in [9.17, 15) is 0 Å². The first kappa shape index (κ1) is 13.4. The lowest BCUT2D eigenvalue weighted by Gasteiger charge is -2.31. The van der Waals surface area contributed by atoms with Crippen LogP contribution in [0.3, 0.4) is 0 Å². The van der Waals surface area contributed by atoms with Crippen molar-refractivity contribution < 1.29 is 0 Å². The molecule has 0 saturated carbocycles. The topological polar surface area (TPSA) is 15.3 Å². The highest BCUT2D eigenvalue weighted by Gasteiger charge is 2.31. The summed E-state index contributed by atoms with van der Waals surface area (Å²) in [4.78, 5) is 2.73. The molecule has 2 aliphatic heterocycles. The predicted octanol–water partition coefficient (Wildman–Crippen LogP) is 2.74. The van der Waals surface area contributed by atoms with E-state index in [1.807, 2.05) is 0 Å². The summed E-state index contributed by atoms with van der Waals surface area (Å²) in [6.07, 6.45) is 5.63. The average Bonchev–Trinajstić information content (AvgIpc) is 2.56. The van der Waals surface area contributed by atoms with Crippen molar-refractivity contribution in [1.82, 2.24) is 10.2 Å². The molecule has 17 heavy (non-hydrogen) atoms. The van der Waals surface area contributed by atoms with Crippen LogP contribution in [0.2, 0.25) is 0 Å². The van der Waals surface area contributed by atoms with Crippen molar-refractivity contribution in [1.29, 1.82) is 0 Å². The van der Waals surface area contributed by atoms with Gasteiger partial charge in [-0.05, 0) is 62.6 Å². The van der Waals surface area contributed by atoms with Crippen LogP contribution in [-0.4, -0.2) is 37.6 Å². The third kappa shape index (κ3) is 3.69. The van der Waals surface area contributed by atoms with Crippen molar-refractivity contribution in [3.05, 3.63) is 0 Å². The number of rotatable bonds is 3. The van der Waals surface area contributed by atoms with Crippen LogP contribution < -0.4 is 5.32 Å². The molecular formula is C15H30N2. The maximum atomic E-state index is 3.52. The fourth-order valence-corrected chi connectivity index (χ4v) is 3.55. The van der Waals surface area contributed by atoms with Crippen LogP contribution in [0.25, 0.3) is 0 Å². The number of hydrogen-bond acceptors (Lipinski definition) is 2. The van der Waals surface area contributed by atoms with Gasteiger partial charge >= 0.3 is 0 Å². The van der Waals surface area contributed by atoms with Crippen molar-refractivity contribution in [2.45, 2.75) is 46.5 Å². The van der Waals surface area contributed by atoms with Gasteiger partial charge < -0.3 is 10.2 Å². The molecule has 1 N–H and O–H groups in total. The Morgan fingerprint density at radius 1 is 1.29 bits per heavy atom. The third-order valence-electron chi connectivity index (χ3n) is 4.87. The molecule has 2 heteroatoms. The molecule has 2 fully saturated rings. The van der Waals surface area contributed by atoms with Gasteiger partial charge in [0, 0.05) is 13.1 Å². The van der Waals surface area contributed by atoms with Gasteiger partial charge in [-0.2, -0.15) is 0 Å². The van der Waals surface area contributed by atoms with Gasteiger partial charge in [-0.25, -0.2) is 0 Å². The number of nitrogens with zero attached hydrogens (tertiary/aromatic N) is 1. The van der Waals surface area contributed by atoms with Crippen molar-refractivity contribution in [2.75, 3.05) is 32.7 Å². The summed E-state index contributed by atoms with van der Waals surface area (Å²) in [7, 11) is 0. The lowest BCUT2D eigenvalue weighted by Crippen LogP contribution is -2.38. The highest BCUT2D eigenvalue weighted by molar-refractivity contribution is 4.87. The molecule has 0 radical (unpaired) electrons. The van der Waals surface area contributed by atoms with Crippen molar-refractivity contribution in [3.8, 4) is 0 Å². The number of likely N-dealkylation sites (tertiary alicyclic amines) is 1. The van der Waals surface area contributed by atoms with E-state index >= 15 is 0 Å². The first-order chi connectivity index (χ1) is 8.09. The normalized spacial score (nSPS) is 36.4. The lowest BCUT2D eigenvalue weighted by atomic mass is 9.88. The van der Waals surface area contributed by atoms with E-state index in [0.717, 1.165) is 11.8 Å². The van der Waals surface area contributed by atoms with Gasteiger partial charge in [0.05, 0.1) is 0 Å². The zero-order valence-electron chi connectivity index (χ0n) is 12.0. The Bertz CT molecular complexity index is 231. The molecular weight excluding hydrogens is 208 g/mol. The smallest absolute Gasteiger partial charge is 0.00480 e. The van der Waals surface area contributed by atoms with E-state index in [1.54, 1.807) is 0 Å². The lowest BCUT2D eigenvalue weighted by molar-refractivity contribution is 0.179. The van der Waals surface area contributed by atoms with Crippen molar-refractivity contribution in [2.24, 2.45) is 17.3 Å². The van der Waals surface area contributed by atoms with Gasteiger partial charge in [-0.3, -0.25) is 0 Å². The second-order valence-electron chi connectivity index (χ2n) is 6.95. The molecule has 0 aromatic carbocycles. The number of nitrogens with one attached hydrogen (secondary N) is 1. The Morgan fingerprint density at radius 3 is 2.76 bits per heavy atom. The largest absolute Gasteiger partial charge is 0.316 e. The second kappa shape index (κ2) is 5.71. The van der Waals surface area contributed by atoms with Crippen LogP contribution >= 0.6 is 0 Å². The van der Waals surface area contributed by atoms with Gasteiger partial charge in [0.1, 0.15) is 0 Å². The molecule has 2 aliphatic rings. The van der Waals surface area contributed by atoms with E-state index in [-0.39, 0.29) is 0 Å². The fourth-order valence-electron chi connectivity index (χ4n) is 3.55. The Hall–Kier alpha value is -0.0800. The standard InChI is InChI=1S/C15H30N2/c1-13(2)14-5-4-9-17(10-6-14)12-15(3)7-8-16-11-15/h13-14,16H,4-12H2,1-3H3. The van der Waals surface area contributed by atoms with Crippen LogP contribution in [0.1, 0.15) is 46.5 Å². The van der Waals surface area contributed by atoms with Crippen LogP contribution in [0.4, 0.5) is 0 Å². The zero-order valence-corrected chi connectivity index (χ0v) is 12.0. The molecule has 2 unspecified atom stereocenters. The maximum absolute atomic E-state index is 3.52. The Labute approximate surface area is 107 Å². The summed E-state index contributed by atoms with van der Waals surface area (Å²) in [5, 5.41) is 3.52. The molecule has 100 valence electrons. The summed E-state index contributed by atoms with van der Waals surface area (Å²) in [6.45, 7) is 13.7. The highest BCUT2D eigenvalue weighted by Crippen LogP contribution is 2.29. The van der Waals surface area contributed by atoms with Gasteiger partial charge in [0.2, 0.25) is 0 Å². The third-order valence-corrected chi connectivity index (χ3v) is 4.87. The first-order valence-corrected chi connectivity index (χ1v) is 7.52. The molecule has 0 spiro atoms. The van der Waals surface area contributed by atoms with Crippen LogP contribution in [0.15, 0.2) is 0 Å². The molecule has 2 nitrogen and oxygen atoms in total. The molecule has 0 amide bonds. The summed E-state index contributed by atoms with van der Waals surface area (Å²) in [5.74, 6) is 1.84. The van der Waals surface area contributed by atoms with Crippen molar-refractivity contribution in [3.63, 3.8) is 0 Å². The quantitative estimate of drug-likeness (QED) is 0.813. The van der Waals surface area contributed by atoms with Crippen molar-refractivity contribution >= 4 is 0 Å². The highest BCUT2D eigenvalue weighted by atomic mass is 15.1. The summed E-state index contributed by atoms with van der Waals surface area (Å²) in [6, 6.07) is 0. The van der Waals surface area contributed by atoms with Gasteiger partial charge in [-0.15, -0.1) is 0 Å². The van der Waals surface area contributed by atoms with E-state index in [0.29, 0.717) is 5.41 Å². The molecule has 0 aliphatic carbocycles. The molecule has 0 bridgehead atoms. The monoisotopic (exact) mass is 238 g/mol.